The predicted octanol–water partition coefficient (Wildman–Crippen LogP) is 1.16. The van der Waals surface area contributed by atoms with Gasteiger partial charge in [0.2, 0.25) is 10.0 Å². The van der Waals surface area contributed by atoms with Crippen LogP contribution < -0.4 is 15.4 Å². The van der Waals surface area contributed by atoms with E-state index in [-0.39, 0.29) is 29.5 Å². The zero-order valence-corrected chi connectivity index (χ0v) is 16.1. The number of nitrogens with one attached hydrogen (secondary N) is 3. The van der Waals surface area contributed by atoms with Gasteiger partial charge in [-0.2, -0.15) is 0 Å². The van der Waals surface area contributed by atoms with Crippen LogP contribution >= 0.6 is 0 Å². The van der Waals surface area contributed by atoms with E-state index in [9.17, 15) is 13.2 Å². The lowest BCUT2D eigenvalue weighted by Gasteiger charge is -2.29. The van der Waals surface area contributed by atoms with Crippen LogP contribution in [0, 0.1) is 0 Å². The molecule has 27 heavy (non-hydrogen) atoms. The van der Waals surface area contributed by atoms with Crippen molar-refractivity contribution in [2.75, 3.05) is 13.2 Å². The molecule has 0 aromatic heterocycles. The van der Waals surface area contributed by atoms with Crippen molar-refractivity contribution in [3.05, 3.63) is 29.8 Å². The van der Waals surface area contributed by atoms with Gasteiger partial charge in [-0.15, -0.1) is 0 Å². The SMILES string of the molecule is O=C(NC1CC2CCC(C1)N2)c1ccc(S(=O)(=O)NCC2CCCO2)cc1. The Morgan fingerprint density at radius 2 is 1.81 bits per heavy atom. The second kappa shape index (κ2) is 7.87. The fourth-order valence-electron chi connectivity index (χ4n) is 4.32. The first-order valence-corrected chi connectivity index (χ1v) is 11.3. The molecule has 0 radical (unpaired) electrons. The second-order valence-electron chi connectivity index (χ2n) is 7.79. The van der Waals surface area contributed by atoms with E-state index < -0.39 is 10.0 Å². The highest BCUT2D eigenvalue weighted by Crippen LogP contribution is 2.27. The molecule has 1 amide bonds. The van der Waals surface area contributed by atoms with Gasteiger partial charge < -0.3 is 15.4 Å². The van der Waals surface area contributed by atoms with Crippen LogP contribution in [-0.4, -0.2) is 51.7 Å². The van der Waals surface area contributed by atoms with E-state index in [0.29, 0.717) is 24.3 Å². The van der Waals surface area contributed by atoms with Gasteiger partial charge in [0.15, 0.2) is 0 Å². The molecule has 3 aliphatic rings. The first kappa shape index (κ1) is 18.9. The number of rotatable bonds is 6. The summed E-state index contributed by atoms with van der Waals surface area (Å²) >= 11 is 0. The number of piperidine rings is 1. The van der Waals surface area contributed by atoms with Gasteiger partial charge in [-0.3, -0.25) is 4.79 Å². The van der Waals surface area contributed by atoms with Gasteiger partial charge in [-0.1, -0.05) is 0 Å². The molecule has 1 aromatic rings. The van der Waals surface area contributed by atoms with Crippen LogP contribution in [-0.2, 0) is 14.8 Å². The topological polar surface area (TPSA) is 96.5 Å². The lowest BCUT2D eigenvalue weighted by Crippen LogP contribution is -2.48. The third kappa shape index (κ3) is 4.51. The first-order valence-electron chi connectivity index (χ1n) is 9.78. The molecule has 8 heteroatoms. The molecule has 148 valence electrons. The molecule has 4 rings (SSSR count). The third-order valence-corrected chi connectivity index (χ3v) is 7.20. The van der Waals surface area contributed by atoms with Crippen molar-refractivity contribution in [3.63, 3.8) is 0 Å². The fraction of sp³-hybridized carbons (Fsp3) is 0.632. The third-order valence-electron chi connectivity index (χ3n) is 5.76. The number of carbonyl (C=O) groups excluding carboxylic acids is 1. The van der Waals surface area contributed by atoms with Gasteiger partial charge in [-0.25, -0.2) is 13.1 Å². The number of hydrogen-bond acceptors (Lipinski definition) is 5. The number of fused-ring (bicyclic) bond motifs is 2. The zero-order valence-electron chi connectivity index (χ0n) is 15.3. The van der Waals surface area contributed by atoms with Crippen LogP contribution in [0.25, 0.3) is 0 Å². The Balaban J connectivity index is 1.34. The number of ether oxygens (including phenoxy) is 1. The fourth-order valence-corrected chi connectivity index (χ4v) is 5.39. The Bertz CT molecular complexity index is 763. The minimum absolute atomic E-state index is 0.0508. The summed E-state index contributed by atoms with van der Waals surface area (Å²) in [4.78, 5) is 12.7. The second-order valence-corrected chi connectivity index (χ2v) is 9.56. The minimum Gasteiger partial charge on any atom is -0.377 e. The van der Waals surface area contributed by atoms with Gasteiger partial charge in [0.1, 0.15) is 0 Å². The van der Waals surface area contributed by atoms with Gasteiger partial charge in [0.05, 0.1) is 11.0 Å². The Labute approximate surface area is 160 Å². The molecular weight excluding hydrogens is 366 g/mol. The summed E-state index contributed by atoms with van der Waals surface area (Å²) in [6, 6.07) is 7.33. The highest BCUT2D eigenvalue weighted by Gasteiger charge is 2.34. The van der Waals surface area contributed by atoms with Crippen molar-refractivity contribution in [2.24, 2.45) is 0 Å². The van der Waals surface area contributed by atoms with Crippen molar-refractivity contribution in [2.45, 2.75) is 67.6 Å². The van der Waals surface area contributed by atoms with E-state index in [1.807, 2.05) is 0 Å². The quantitative estimate of drug-likeness (QED) is 0.674. The maximum atomic E-state index is 12.5. The molecule has 3 heterocycles. The van der Waals surface area contributed by atoms with Crippen LogP contribution in [0.4, 0.5) is 0 Å². The number of benzene rings is 1. The molecule has 0 saturated carbocycles. The average molecular weight is 394 g/mol. The molecule has 3 fully saturated rings. The summed E-state index contributed by atoms with van der Waals surface area (Å²) in [5.41, 5.74) is 0.485. The molecule has 3 aliphatic heterocycles. The summed E-state index contributed by atoms with van der Waals surface area (Å²) in [6.45, 7) is 0.970. The van der Waals surface area contributed by atoms with Crippen LogP contribution in [0.5, 0.6) is 0 Å². The molecular formula is C19H27N3O4S. The smallest absolute Gasteiger partial charge is 0.251 e. The Morgan fingerprint density at radius 1 is 1.11 bits per heavy atom. The molecule has 1 aromatic carbocycles. The van der Waals surface area contributed by atoms with E-state index in [1.165, 1.54) is 25.0 Å². The van der Waals surface area contributed by atoms with E-state index in [2.05, 4.69) is 15.4 Å². The van der Waals surface area contributed by atoms with E-state index in [4.69, 9.17) is 4.74 Å². The summed E-state index contributed by atoms with van der Waals surface area (Å²) in [5.74, 6) is -0.141. The maximum absolute atomic E-state index is 12.5. The molecule has 2 bridgehead atoms. The van der Waals surface area contributed by atoms with Gasteiger partial charge in [-0.05, 0) is 62.8 Å². The molecule has 0 spiro atoms. The monoisotopic (exact) mass is 393 g/mol. The number of carbonyl (C=O) groups is 1. The summed E-state index contributed by atoms with van der Waals surface area (Å²) in [6.07, 6.45) is 6.08. The molecule has 3 unspecified atom stereocenters. The van der Waals surface area contributed by atoms with Gasteiger partial charge in [0, 0.05) is 36.8 Å². The number of amides is 1. The molecule has 3 N–H and O–H groups in total. The minimum atomic E-state index is -3.59. The average Bonchev–Trinajstić information content (AvgIpc) is 3.30. The summed E-state index contributed by atoms with van der Waals surface area (Å²) in [5, 5.41) is 6.65. The Kier molecular flexibility index (Phi) is 5.50. The maximum Gasteiger partial charge on any atom is 0.251 e. The molecule has 3 atom stereocenters. The molecule has 3 saturated heterocycles. The Morgan fingerprint density at radius 3 is 2.44 bits per heavy atom. The van der Waals surface area contributed by atoms with Crippen molar-refractivity contribution < 1.29 is 17.9 Å². The van der Waals surface area contributed by atoms with Crippen LogP contribution in [0.1, 0.15) is 48.9 Å². The van der Waals surface area contributed by atoms with Crippen molar-refractivity contribution in [1.82, 2.24) is 15.4 Å². The van der Waals surface area contributed by atoms with Crippen molar-refractivity contribution >= 4 is 15.9 Å². The number of hydrogen-bond donors (Lipinski definition) is 3. The van der Waals surface area contributed by atoms with Crippen LogP contribution in [0.2, 0.25) is 0 Å². The van der Waals surface area contributed by atoms with Crippen LogP contribution in [0.15, 0.2) is 29.2 Å². The summed E-state index contributed by atoms with van der Waals surface area (Å²) in [7, 11) is -3.59. The van der Waals surface area contributed by atoms with Gasteiger partial charge in [0.25, 0.3) is 5.91 Å². The Hall–Kier alpha value is -1.48. The van der Waals surface area contributed by atoms with Gasteiger partial charge >= 0.3 is 0 Å². The van der Waals surface area contributed by atoms with Crippen LogP contribution in [0.3, 0.4) is 0 Å². The van der Waals surface area contributed by atoms with E-state index in [1.54, 1.807) is 12.1 Å². The number of sulfonamides is 1. The normalized spacial score (nSPS) is 30.4. The predicted molar refractivity (Wildman–Crippen MR) is 101 cm³/mol. The summed E-state index contributed by atoms with van der Waals surface area (Å²) < 4.78 is 32.8. The lowest BCUT2D eigenvalue weighted by atomic mass is 9.99. The molecule has 0 aliphatic carbocycles. The molecule has 7 nitrogen and oxygen atoms in total. The zero-order chi connectivity index (χ0) is 18.9. The van der Waals surface area contributed by atoms with E-state index in [0.717, 1.165) is 25.7 Å². The standard InChI is InChI=1S/C19H27N3O4S/c23-19(22-16-10-14-5-6-15(11-16)21-14)13-3-7-18(8-4-13)27(24,25)20-12-17-2-1-9-26-17/h3-4,7-8,14-17,20-21H,1-2,5-6,9-12H2,(H,22,23). The highest BCUT2D eigenvalue weighted by molar-refractivity contribution is 7.89. The first-order chi connectivity index (χ1) is 13.0. The highest BCUT2D eigenvalue weighted by atomic mass is 32.2. The van der Waals surface area contributed by atoms with E-state index >= 15 is 0 Å². The van der Waals surface area contributed by atoms with Crippen molar-refractivity contribution in [3.8, 4) is 0 Å². The lowest BCUT2D eigenvalue weighted by molar-refractivity contribution is 0.0924. The van der Waals surface area contributed by atoms with Crippen molar-refractivity contribution in [1.29, 1.82) is 0 Å². The largest absolute Gasteiger partial charge is 0.377 e.